The third-order valence-electron chi connectivity index (χ3n) is 3.75. The molecule has 1 aromatic rings. The number of Topliss-reactive ketones (excluding diaryl/α,β-unsaturated/α-hetero) is 1. The zero-order valence-corrected chi connectivity index (χ0v) is 12.2. The smallest absolute Gasteiger partial charge is 0.290 e. The summed E-state index contributed by atoms with van der Waals surface area (Å²) in [7, 11) is 0. The summed E-state index contributed by atoms with van der Waals surface area (Å²) in [5.41, 5.74) is 1.03. The number of aryl methyl sites for hydroxylation is 1. The van der Waals surface area contributed by atoms with Crippen molar-refractivity contribution >= 4 is 11.7 Å². The van der Waals surface area contributed by atoms with Crippen LogP contribution in [0.2, 0.25) is 0 Å². The van der Waals surface area contributed by atoms with E-state index in [-0.39, 0.29) is 19.6 Å². The summed E-state index contributed by atoms with van der Waals surface area (Å²) in [5, 5.41) is 9.80. The molecule has 1 aliphatic rings. The highest BCUT2D eigenvalue weighted by molar-refractivity contribution is 6.36. The minimum Gasteiger partial charge on any atom is -0.388 e. The molecule has 0 saturated carbocycles. The van der Waals surface area contributed by atoms with Crippen LogP contribution in [0.3, 0.4) is 0 Å². The number of hydrogen-bond donors (Lipinski definition) is 1. The lowest BCUT2D eigenvalue weighted by Crippen LogP contribution is -2.49. The summed E-state index contributed by atoms with van der Waals surface area (Å²) in [6, 6.07) is 9.19. The Bertz CT molecular complexity index is 488. The third-order valence-corrected chi connectivity index (χ3v) is 3.75. The van der Waals surface area contributed by atoms with Crippen molar-refractivity contribution in [2.24, 2.45) is 0 Å². The molecule has 0 aliphatic carbocycles. The highest BCUT2D eigenvalue weighted by Gasteiger charge is 2.35. The topological polar surface area (TPSA) is 66.8 Å². The molecule has 1 aromatic carbocycles. The predicted octanol–water partition coefficient (Wildman–Crippen LogP) is 0.796. The number of hydrogen-bond acceptors (Lipinski definition) is 4. The molecule has 5 heteroatoms. The number of carbonyl (C=O) groups is 2. The van der Waals surface area contributed by atoms with Crippen LogP contribution < -0.4 is 0 Å². The SMILES string of the molecule is CCN(C(=O)C(=O)CCc1ccccc1)[C@@H]1COC[C@H]1O. The molecule has 2 rings (SSSR count). The number of carbonyl (C=O) groups excluding carboxylic acids is 2. The van der Waals surface area contributed by atoms with Crippen molar-refractivity contribution in [3.05, 3.63) is 35.9 Å². The highest BCUT2D eigenvalue weighted by atomic mass is 16.5. The first-order valence-corrected chi connectivity index (χ1v) is 7.27. The molecule has 5 nitrogen and oxygen atoms in total. The van der Waals surface area contributed by atoms with Crippen molar-refractivity contribution in [1.82, 2.24) is 4.90 Å². The Labute approximate surface area is 124 Å². The molecule has 1 aliphatic heterocycles. The number of aliphatic hydroxyl groups excluding tert-OH is 1. The van der Waals surface area contributed by atoms with Crippen LogP contribution in [0.5, 0.6) is 0 Å². The van der Waals surface area contributed by atoms with Crippen LogP contribution in [0.25, 0.3) is 0 Å². The maximum absolute atomic E-state index is 12.2. The van der Waals surface area contributed by atoms with E-state index >= 15 is 0 Å². The number of benzene rings is 1. The second-order valence-electron chi connectivity index (χ2n) is 5.17. The molecule has 0 bridgehead atoms. The summed E-state index contributed by atoms with van der Waals surface area (Å²) < 4.78 is 5.16. The van der Waals surface area contributed by atoms with Crippen LogP contribution in [0.15, 0.2) is 30.3 Å². The zero-order chi connectivity index (χ0) is 15.2. The molecule has 1 heterocycles. The number of aliphatic hydroxyl groups is 1. The van der Waals surface area contributed by atoms with Crippen LogP contribution in [-0.4, -0.2) is 53.6 Å². The van der Waals surface area contributed by atoms with E-state index in [2.05, 4.69) is 0 Å². The van der Waals surface area contributed by atoms with Gasteiger partial charge in [0.05, 0.1) is 25.4 Å². The maximum atomic E-state index is 12.2. The monoisotopic (exact) mass is 291 g/mol. The highest BCUT2D eigenvalue weighted by Crippen LogP contribution is 2.14. The van der Waals surface area contributed by atoms with Gasteiger partial charge < -0.3 is 14.7 Å². The minimum absolute atomic E-state index is 0.184. The van der Waals surface area contributed by atoms with Crippen LogP contribution in [0.4, 0.5) is 0 Å². The molecule has 1 fully saturated rings. The van der Waals surface area contributed by atoms with E-state index in [9.17, 15) is 14.7 Å². The van der Waals surface area contributed by atoms with Crippen LogP contribution in [-0.2, 0) is 20.7 Å². The Morgan fingerprint density at radius 2 is 2.00 bits per heavy atom. The molecule has 114 valence electrons. The van der Waals surface area contributed by atoms with Gasteiger partial charge in [-0.15, -0.1) is 0 Å². The van der Waals surface area contributed by atoms with Crippen LogP contribution >= 0.6 is 0 Å². The largest absolute Gasteiger partial charge is 0.388 e. The van der Waals surface area contributed by atoms with Gasteiger partial charge in [-0.05, 0) is 18.9 Å². The first-order chi connectivity index (χ1) is 10.1. The second kappa shape index (κ2) is 7.33. The Hall–Kier alpha value is -1.72. The average Bonchev–Trinajstić information content (AvgIpc) is 2.93. The van der Waals surface area contributed by atoms with E-state index in [1.54, 1.807) is 6.92 Å². The lowest BCUT2D eigenvalue weighted by atomic mass is 10.1. The van der Waals surface area contributed by atoms with E-state index < -0.39 is 23.8 Å². The summed E-state index contributed by atoms with van der Waals surface area (Å²) in [6.07, 6.45) is 0.0197. The van der Waals surface area contributed by atoms with Gasteiger partial charge in [0.15, 0.2) is 0 Å². The molecule has 1 amide bonds. The number of ether oxygens (including phenoxy) is 1. The normalized spacial score (nSPS) is 21.2. The van der Waals surface area contributed by atoms with Gasteiger partial charge in [0, 0.05) is 13.0 Å². The van der Waals surface area contributed by atoms with Crippen molar-refractivity contribution in [2.75, 3.05) is 19.8 Å². The fourth-order valence-electron chi connectivity index (χ4n) is 2.53. The fraction of sp³-hybridized carbons (Fsp3) is 0.500. The lowest BCUT2D eigenvalue weighted by Gasteiger charge is -2.28. The summed E-state index contributed by atoms with van der Waals surface area (Å²) in [4.78, 5) is 25.7. The molecule has 2 atom stereocenters. The van der Waals surface area contributed by atoms with E-state index in [0.29, 0.717) is 13.0 Å². The average molecular weight is 291 g/mol. The molecule has 1 N–H and O–H groups in total. The predicted molar refractivity (Wildman–Crippen MR) is 77.8 cm³/mol. The standard InChI is InChI=1S/C16H21NO4/c1-2-17(13-10-21-11-15(13)19)16(20)14(18)9-8-12-6-4-3-5-7-12/h3-7,13,15,19H,2,8-11H2,1H3/t13-,15-/m1/s1. The number of rotatable bonds is 6. The van der Waals surface area contributed by atoms with Gasteiger partial charge in [-0.2, -0.15) is 0 Å². The minimum atomic E-state index is -0.712. The summed E-state index contributed by atoms with van der Waals surface area (Å²) in [5.74, 6) is -0.942. The summed E-state index contributed by atoms with van der Waals surface area (Å²) >= 11 is 0. The van der Waals surface area contributed by atoms with Crippen molar-refractivity contribution in [1.29, 1.82) is 0 Å². The van der Waals surface area contributed by atoms with Crippen molar-refractivity contribution in [3.63, 3.8) is 0 Å². The Kier molecular flexibility index (Phi) is 5.47. The van der Waals surface area contributed by atoms with Gasteiger partial charge in [-0.3, -0.25) is 9.59 Å². The Balaban J connectivity index is 1.92. The zero-order valence-electron chi connectivity index (χ0n) is 12.2. The van der Waals surface area contributed by atoms with E-state index in [1.165, 1.54) is 4.90 Å². The van der Waals surface area contributed by atoms with E-state index in [0.717, 1.165) is 5.56 Å². The molecule has 1 saturated heterocycles. The van der Waals surface area contributed by atoms with Crippen molar-refractivity contribution in [2.45, 2.75) is 31.9 Å². The molecule has 21 heavy (non-hydrogen) atoms. The lowest BCUT2D eigenvalue weighted by molar-refractivity contribution is -0.147. The Morgan fingerprint density at radius 3 is 2.57 bits per heavy atom. The molecule has 0 unspecified atom stereocenters. The second-order valence-corrected chi connectivity index (χ2v) is 5.17. The van der Waals surface area contributed by atoms with Gasteiger partial charge in [-0.25, -0.2) is 0 Å². The van der Waals surface area contributed by atoms with Gasteiger partial charge in [0.25, 0.3) is 5.91 Å². The van der Waals surface area contributed by atoms with Crippen molar-refractivity contribution < 1.29 is 19.4 Å². The van der Waals surface area contributed by atoms with E-state index in [4.69, 9.17) is 4.74 Å². The number of ketones is 1. The van der Waals surface area contributed by atoms with Crippen LogP contribution in [0, 0.1) is 0 Å². The number of nitrogens with zero attached hydrogens (tertiary/aromatic N) is 1. The number of likely N-dealkylation sites (N-methyl/N-ethyl adjacent to an activating group) is 1. The molecule has 0 spiro atoms. The molecule has 0 aromatic heterocycles. The van der Waals surface area contributed by atoms with Gasteiger partial charge in [0.2, 0.25) is 5.78 Å². The Morgan fingerprint density at radius 1 is 1.29 bits per heavy atom. The maximum Gasteiger partial charge on any atom is 0.290 e. The molecular formula is C16H21NO4. The van der Waals surface area contributed by atoms with E-state index in [1.807, 2.05) is 30.3 Å². The summed E-state index contributed by atoms with van der Waals surface area (Å²) in [6.45, 7) is 2.69. The van der Waals surface area contributed by atoms with Gasteiger partial charge in [-0.1, -0.05) is 30.3 Å². The third kappa shape index (κ3) is 3.89. The van der Waals surface area contributed by atoms with Gasteiger partial charge in [0.1, 0.15) is 0 Å². The first-order valence-electron chi connectivity index (χ1n) is 7.27. The fourth-order valence-corrected chi connectivity index (χ4v) is 2.53. The quantitative estimate of drug-likeness (QED) is 0.787. The van der Waals surface area contributed by atoms with Crippen LogP contribution in [0.1, 0.15) is 18.9 Å². The molecule has 0 radical (unpaired) electrons. The van der Waals surface area contributed by atoms with Crippen molar-refractivity contribution in [3.8, 4) is 0 Å². The number of amides is 1. The molecular weight excluding hydrogens is 270 g/mol. The van der Waals surface area contributed by atoms with Gasteiger partial charge >= 0.3 is 0 Å². The first kappa shape index (κ1) is 15.7.